The molecule has 0 radical (unpaired) electrons. The number of thiophene rings is 1. The minimum absolute atomic E-state index is 1.08. The van der Waals surface area contributed by atoms with Gasteiger partial charge in [-0.2, -0.15) is 0 Å². The number of aromatic nitrogens is 1. The Balaban J connectivity index is 2.49. The molecule has 3 heteroatoms. The molecule has 2 rings (SSSR count). The van der Waals surface area contributed by atoms with Crippen LogP contribution in [0, 0.1) is 13.8 Å². The molecule has 1 nitrogen and oxygen atoms in total. The molecule has 0 aliphatic carbocycles. The summed E-state index contributed by atoms with van der Waals surface area (Å²) in [6, 6.07) is 6.19. The number of hydrogen-bond donors (Lipinski definition) is 0. The molecule has 78 valence electrons. The van der Waals surface area contributed by atoms with E-state index in [-0.39, 0.29) is 0 Å². The number of nitrogens with zero attached hydrogens (tertiary/aromatic N) is 1. The SMILES string of the molecule is CSc1cccc(-c2csc(C)c2C)n1. The van der Waals surface area contributed by atoms with Crippen LogP contribution in [0.5, 0.6) is 0 Å². The fourth-order valence-electron chi connectivity index (χ4n) is 1.44. The van der Waals surface area contributed by atoms with Crippen LogP contribution in [0.4, 0.5) is 0 Å². The summed E-state index contributed by atoms with van der Waals surface area (Å²) in [5.41, 5.74) is 3.71. The first-order valence-corrected chi connectivity index (χ1v) is 6.89. The molecule has 0 amide bonds. The van der Waals surface area contributed by atoms with Gasteiger partial charge in [-0.3, -0.25) is 0 Å². The average molecular weight is 235 g/mol. The summed E-state index contributed by atoms with van der Waals surface area (Å²) >= 11 is 3.48. The topological polar surface area (TPSA) is 12.9 Å². The van der Waals surface area contributed by atoms with Gasteiger partial charge < -0.3 is 0 Å². The van der Waals surface area contributed by atoms with Gasteiger partial charge in [0.25, 0.3) is 0 Å². The maximum Gasteiger partial charge on any atom is 0.0964 e. The van der Waals surface area contributed by atoms with E-state index in [0.717, 1.165) is 10.7 Å². The Bertz CT molecular complexity index is 474. The largest absolute Gasteiger partial charge is 0.241 e. The molecule has 0 bridgehead atoms. The number of aryl methyl sites for hydroxylation is 1. The van der Waals surface area contributed by atoms with E-state index < -0.39 is 0 Å². The lowest BCUT2D eigenvalue weighted by atomic mass is 10.1. The Morgan fingerprint density at radius 1 is 1.27 bits per heavy atom. The van der Waals surface area contributed by atoms with Crippen LogP contribution < -0.4 is 0 Å². The summed E-state index contributed by atoms with van der Waals surface area (Å²) in [5.74, 6) is 0. The van der Waals surface area contributed by atoms with Crippen LogP contribution in [0.1, 0.15) is 10.4 Å². The molecule has 0 saturated heterocycles. The van der Waals surface area contributed by atoms with E-state index in [2.05, 4.69) is 42.6 Å². The van der Waals surface area contributed by atoms with Gasteiger partial charge in [0.2, 0.25) is 0 Å². The lowest BCUT2D eigenvalue weighted by Gasteiger charge is -2.02. The molecule has 0 aliphatic heterocycles. The monoisotopic (exact) mass is 235 g/mol. The Labute approximate surface area is 98.6 Å². The second-order valence-corrected chi connectivity index (χ2v) is 5.31. The molecule has 2 heterocycles. The van der Waals surface area contributed by atoms with E-state index in [1.807, 2.05) is 6.07 Å². The van der Waals surface area contributed by atoms with Crippen molar-refractivity contribution >= 4 is 23.1 Å². The third-order valence-electron chi connectivity index (χ3n) is 2.49. The van der Waals surface area contributed by atoms with Crippen molar-refractivity contribution in [3.05, 3.63) is 34.0 Å². The van der Waals surface area contributed by atoms with Gasteiger partial charge in [-0.25, -0.2) is 4.98 Å². The number of thioether (sulfide) groups is 1. The van der Waals surface area contributed by atoms with Gasteiger partial charge >= 0.3 is 0 Å². The lowest BCUT2D eigenvalue weighted by molar-refractivity contribution is 1.14. The molecule has 0 aliphatic rings. The zero-order valence-electron chi connectivity index (χ0n) is 9.07. The van der Waals surface area contributed by atoms with Crippen LogP contribution in [-0.2, 0) is 0 Å². The summed E-state index contributed by atoms with van der Waals surface area (Å²) in [6.45, 7) is 4.32. The Kier molecular flexibility index (Phi) is 3.12. The molecule has 15 heavy (non-hydrogen) atoms. The first-order valence-electron chi connectivity index (χ1n) is 4.78. The Hall–Kier alpha value is -0.800. The molecule has 0 fully saturated rings. The van der Waals surface area contributed by atoms with Crippen LogP contribution >= 0.6 is 23.1 Å². The number of hydrogen-bond acceptors (Lipinski definition) is 3. The third-order valence-corrected chi connectivity index (χ3v) is 4.15. The predicted octanol–water partition coefficient (Wildman–Crippen LogP) is 4.15. The van der Waals surface area contributed by atoms with Crippen LogP contribution in [-0.4, -0.2) is 11.2 Å². The van der Waals surface area contributed by atoms with Gasteiger partial charge in [0, 0.05) is 15.8 Å². The van der Waals surface area contributed by atoms with Gasteiger partial charge in [-0.1, -0.05) is 6.07 Å². The second-order valence-electron chi connectivity index (χ2n) is 3.40. The fourth-order valence-corrected chi connectivity index (χ4v) is 2.73. The van der Waals surface area contributed by atoms with Crippen molar-refractivity contribution < 1.29 is 0 Å². The van der Waals surface area contributed by atoms with Gasteiger partial charge in [0.1, 0.15) is 0 Å². The van der Waals surface area contributed by atoms with Crippen molar-refractivity contribution in [1.82, 2.24) is 4.98 Å². The Morgan fingerprint density at radius 2 is 2.07 bits per heavy atom. The first-order chi connectivity index (χ1) is 7.22. The molecule has 0 N–H and O–H groups in total. The minimum atomic E-state index is 1.08. The highest BCUT2D eigenvalue weighted by atomic mass is 32.2. The maximum atomic E-state index is 4.61. The maximum absolute atomic E-state index is 4.61. The summed E-state index contributed by atoms with van der Waals surface area (Å²) in [4.78, 5) is 5.98. The van der Waals surface area contributed by atoms with Crippen molar-refractivity contribution in [2.24, 2.45) is 0 Å². The van der Waals surface area contributed by atoms with Gasteiger partial charge in [-0.05, 0) is 37.8 Å². The summed E-state index contributed by atoms with van der Waals surface area (Å²) in [5, 5.41) is 3.27. The van der Waals surface area contributed by atoms with E-state index >= 15 is 0 Å². The highest BCUT2D eigenvalue weighted by Gasteiger charge is 2.07. The number of pyridine rings is 1. The van der Waals surface area contributed by atoms with Crippen molar-refractivity contribution in [1.29, 1.82) is 0 Å². The lowest BCUT2D eigenvalue weighted by Crippen LogP contribution is -1.85. The smallest absolute Gasteiger partial charge is 0.0964 e. The predicted molar refractivity (Wildman–Crippen MR) is 68.8 cm³/mol. The van der Waals surface area contributed by atoms with Crippen molar-refractivity contribution in [3.8, 4) is 11.3 Å². The molecular formula is C12H13NS2. The molecule has 2 aromatic heterocycles. The average Bonchev–Trinajstić information content (AvgIpc) is 2.60. The van der Waals surface area contributed by atoms with E-state index in [1.165, 1.54) is 16.0 Å². The van der Waals surface area contributed by atoms with Gasteiger partial charge in [-0.15, -0.1) is 23.1 Å². The number of rotatable bonds is 2. The van der Waals surface area contributed by atoms with Crippen LogP contribution in [0.15, 0.2) is 28.6 Å². The van der Waals surface area contributed by atoms with E-state index in [4.69, 9.17) is 0 Å². The second kappa shape index (κ2) is 4.37. The van der Waals surface area contributed by atoms with Crippen LogP contribution in [0.25, 0.3) is 11.3 Å². The normalized spacial score (nSPS) is 10.6. The quantitative estimate of drug-likeness (QED) is 0.725. The minimum Gasteiger partial charge on any atom is -0.241 e. The van der Waals surface area contributed by atoms with E-state index in [9.17, 15) is 0 Å². The zero-order valence-corrected chi connectivity index (χ0v) is 10.7. The summed E-state index contributed by atoms with van der Waals surface area (Å²) < 4.78 is 0. The molecule has 0 saturated carbocycles. The molecule has 0 aromatic carbocycles. The van der Waals surface area contributed by atoms with Crippen molar-refractivity contribution in [3.63, 3.8) is 0 Å². The zero-order chi connectivity index (χ0) is 10.8. The van der Waals surface area contributed by atoms with E-state index in [0.29, 0.717) is 0 Å². The van der Waals surface area contributed by atoms with Crippen molar-refractivity contribution in [2.45, 2.75) is 18.9 Å². The van der Waals surface area contributed by atoms with Crippen LogP contribution in [0.3, 0.4) is 0 Å². The highest BCUT2D eigenvalue weighted by molar-refractivity contribution is 7.98. The standard InChI is InChI=1S/C12H13NS2/c1-8-9(2)15-7-10(8)11-5-4-6-12(13-11)14-3/h4-7H,1-3H3. The Morgan fingerprint density at radius 3 is 2.67 bits per heavy atom. The van der Waals surface area contributed by atoms with Gasteiger partial charge in [0.05, 0.1) is 10.7 Å². The molecule has 0 unspecified atom stereocenters. The molecular weight excluding hydrogens is 222 g/mol. The van der Waals surface area contributed by atoms with Crippen LogP contribution in [0.2, 0.25) is 0 Å². The van der Waals surface area contributed by atoms with E-state index in [1.54, 1.807) is 23.1 Å². The fraction of sp³-hybridized carbons (Fsp3) is 0.250. The third kappa shape index (κ3) is 2.08. The summed E-state index contributed by atoms with van der Waals surface area (Å²) in [7, 11) is 0. The molecule has 0 spiro atoms. The van der Waals surface area contributed by atoms with Crippen molar-refractivity contribution in [2.75, 3.05) is 6.26 Å². The van der Waals surface area contributed by atoms with Gasteiger partial charge in [0.15, 0.2) is 0 Å². The first kappa shape index (κ1) is 10.7. The molecule has 0 atom stereocenters. The highest BCUT2D eigenvalue weighted by Crippen LogP contribution is 2.30. The summed E-state index contributed by atoms with van der Waals surface area (Å²) in [6.07, 6.45) is 2.05. The molecule has 2 aromatic rings.